The zero-order valence-electron chi connectivity index (χ0n) is 11.1. The molecule has 4 atom stereocenters. The van der Waals surface area contributed by atoms with Crippen LogP contribution in [0.1, 0.15) is 44.9 Å². The fourth-order valence-electron chi connectivity index (χ4n) is 3.64. The summed E-state index contributed by atoms with van der Waals surface area (Å²) in [5.74, 6) is 2.41. The third-order valence-electron chi connectivity index (χ3n) is 4.74. The minimum absolute atomic E-state index is 0.129. The number of nitrogens with one attached hydrogen (secondary N) is 1. The summed E-state index contributed by atoms with van der Waals surface area (Å²) in [6, 6.07) is 0.878. The molecule has 2 aliphatic heterocycles. The second-order valence-corrected chi connectivity index (χ2v) is 7.25. The Kier molecular flexibility index (Phi) is 4.18. The van der Waals surface area contributed by atoms with E-state index in [-0.39, 0.29) is 11.7 Å². The molecule has 3 fully saturated rings. The number of aliphatic hydroxyl groups excluding tert-OH is 1. The zero-order valence-corrected chi connectivity index (χ0v) is 11.9. The molecule has 0 aromatic carbocycles. The molecule has 18 heavy (non-hydrogen) atoms. The van der Waals surface area contributed by atoms with Crippen LogP contribution < -0.4 is 5.32 Å². The van der Waals surface area contributed by atoms with Gasteiger partial charge in [0.15, 0.2) is 0 Å². The van der Waals surface area contributed by atoms with Gasteiger partial charge in [-0.2, -0.15) is 11.8 Å². The summed E-state index contributed by atoms with van der Waals surface area (Å²) in [6.07, 6.45) is 7.90. The lowest BCUT2D eigenvalue weighted by Crippen LogP contribution is -2.53. The van der Waals surface area contributed by atoms with Crippen LogP contribution in [0.3, 0.4) is 0 Å². The summed E-state index contributed by atoms with van der Waals surface area (Å²) < 4.78 is 6.05. The van der Waals surface area contributed by atoms with Crippen molar-refractivity contribution in [3.05, 3.63) is 0 Å². The van der Waals surface area contributed by atoms with Crippen molar-refractivity contribution in [3.8, 4) is 0 Å². The van der Waals surface area contributed by atoms with Crippen LogP contribution in [0.15, 0.2) is 0 Å². The van der Waals surface area contributed by atoms with E-state index in [9.17, 15) is 5.11 Å². The van der Waals surface area contributed by atoms with E-state index in [1.807, 2.05) is 11.8 Å². The molecular formula is C14H25NO2S. The van der Waals surface area contributed by atoms with Crippen molar-refractivity contribution in [2.75, 3.05) is 18.1 Å². The van der Waals surface area contributed by atoms with E-state index < -0.39 is 0 Å². The Morgan fingerprint density at radius 1 is 1.22 bits per heavy atom. The molecule has 1 spiro atoms. The van der Waals surface area contributed by atoms with Crippen LogP contribution in [0.4, 0.5) is 0 Å². The Labute approximate surface area is 114 Å². The van der Waals surface area contributed by atoms with Crippen molar-refractivity contribution in [2.45, 2.75) is 68.7 Å². The summed E-state index contributed by atoms with van der Waals surface area (Å²) in [6.45, 7) is 0.890. The van der Waals surface area contributed by atoms with Crippen molar-refractivity contribution >= 4 is 11.8 Å². The fraction of sp³-hybridized carbons (Fsp3) is 1.00. The normalized spacial score (nSPS) is 45.5. The third kappa shape index (κ3) is 2.87. The maximum atomic E-state index is 10.1. The number of hydrogen-bond acceptors (Lipinski definition) is 4. The van der Waals surface area contributed by atoms with Gasteiger partial charge in [-0.05, 0) is 37.9 Å². The Balaban J connectivity index is 1.55. The number of hydrogen-bond donors (Lipinski definition) is 2. The topological polar surface area (TPSA) is 41.5 Å². The molecule has 4 unspecified atom stereocenters. The predicted octanol–water partition coefficient (Wildman–Crippen LogP) is 1.93. The minimum Gasteiger partial charge on any atom is -0.392 e. The molecule has 3 rings (SSSR count). The van der Waals surface area contributed by atoms with Crippen LogP contribution in [-0.4, -0.2) is 47.0 Å². The Morgan fingerprint density at radius 2 is 2.11 bits per heavy atom. The first-order valence-corrected chi connectivity index (χ1v) is 8.59. The number of rotatable bonds is 2. The smallest absolute Gasteiger partial charge is 0.0795 e. The van der Waals surface area contributed by atoms with Gasteiger partial charge in [-0.3, -0.25) is 0 Å². The van der Waals surface area contributed by atoms with E-state index in [0.29, 0.717) is 12.1 Å². The van der Waals surface area contributed by atoms with Crippen molar-refractivity contribution < 1.29 is 9.84 Å². The summed E-state index contributed by atoms with van der Waals surface area (Å²) in [7, 11) is 0. The highest BCUT2D eigenvalue weighted by molar-refractivity contribution is 7.99. The lowest BCUT2D eigenvalue weighted by atomic mass is 9.87. The lowest BCUT2D eigenvalue weighted by Gasteiger charge is -2.41. The van der Waals surface area contributed by atoms with Crippen LogP contribution >= 0.6 is 11.8 Å². The van der Waals surface area contributed by atoms with Gasteiger partial charge in [0.25, 0.3) is 0 Å². The van der Waals surface area contributed by atoms with Gasteiger partial charge >= 0.3 is 0 Å². The molecule has 1 aliphatic carbocycles. The second kappa shape index (κ2) is 5.70. The SMILES string of the molecule is OC1CCCCC1NC1CCOC2(CCSC2)C1. The van der Waals surface area contributed by atoms with E-state index in [1.165, 1.54) is 30.8 Å². The maximum Gasteiger partial charge on any atom is 0.0795 e. The fourth-order valence-corrected chi connectivity index (χ4v) is 5.02. The number of thioether (sulfide) groups is 1. The minimum atomic E-state index is -0.129. The Hall–Kier alpha value is 0.230. The lowest BCUT2D eigenvalue weighted by molar-refractivity contribution is -0.0742. The summed E-state index contributed by atoms with van der Waals surface area (Å²) in [5.41, 5.74) is 0.153. The molecule has 1 saturated carbocycles. The van der Waals surface area contributed by atoms with E-state index in [2.05, 4.69) is 5.32 Å². The number of aliphatic hydroxyl groups is 1. The monoisotopic (exact) mass is 271 g/mol. The van der Waals surface area contributed by atoms with Crippen LogP contribution in [0.25, 0.3) is 0 Å². The third-order valence-corrected chi connectivity index (χ3v) is 5.96. The highest BCUT2D eigenvalue weighted by Gasteiger charge is 2.41. The Morgan fingerprint density at radius 3 is 2.89 bits per heavy atom. The van der Waals surface area contributed by atoms with Gasteiger partial charge in [-0.1, -0.05) is 12.8 Å². The van der Waals surface area contributed by atoms with Crippen molar-refractivity contribution in [3.63, 3.8) is 0 Å². The zero-order chi connectivity index (χ0) is 12.4. The quantitative estimate of drug-likeness (QED) is 0.805. The largest absolute Gasteiger partial charge is 0.392 e. The van der Waals surface area contributed by atoms with Crippen LogP contribution in [0.2, 0.25) is 0 Å². The summed E-state index contributed by atoms with van der Waals surface area (Å²) in [5, 5.41) is 13.8. The predicted molar refractivity (Wildman–Crippen MR) is 75.0 cm³/mol. The van der Waals surface area contributed by atoms with Crippen LogP contribution in [0, 0.1) is 0 Å². The molecule has 3 aliphatic rings. The van der Waals surface area contributed by atoms with Gasteiger partial charge in [-0.15, -0.1) is 0 Å². The molecule has 0 bridgehead atoms. The second-order valence-electron chi connectivity index (χ2n) is 6.15. The first kappa shape index (κ1) is 13.2. The van der Waals surface area contributed by atoms with Crippen LogP contribution in [-0.2, 0) is 4.74 Å². The van der Waals surface area contributed by atoms with Crippen LogP contribution in [0.5, 0.6) is 0 Å². The van der Waals surface area contributed by atoms with E-state index in [0.717, 1.165) is 32.3 Å². The molecule has 3 nitrogen and oxygen atoms in total. The highest BCUT2D eigenvalue weighted by atomic mass is 32.2. The molecule has 4 heteroatoms. The van der Waals surface area contributed by atoms with Gasteiger partial charge in [0.2, 0.25) is 0 Å². The molecular weight excluding hydrogens is 246 g/mol. The molecule has 2 saturated heterocycles. The maximum absolute atomic E-state index is 10.1. The van der Waals surface area contributed by atoms with Gasteiger partial charge in [0.05, 0.1) is 11.7 Å². The standard InChI is InChI=1S/C14H25NO2S/c16-13-4-2-1-3-12(13)15-11-5-7-17-14(9-11)6-8-18-10-14/h11-13,15-16H,1-10H2. The molecule has 0 amide bonds. The molecule has 0 radical (unpaired) electrons. The summed E-state index contributed by atoms with van der Waals surface area (Å²) in [4.78, 5) is 0. The van der Waals surface area contributed by atoms with Gasteiger partial charge in [0.1, 0.15) is 0 Å². The van der Waals surface area contributed by atoms with Crippen molar-refractivity contribution in [2.24, 2.45) is 0 Å². The Bertz CT molecular complexity index is 281. The molecule has 0 aromatic rings. The van der Waals surface area contributed by atoms with Crippen molar-refractivity contribution in [1.82, 2.24) is 5.32 Å². The molecule has 0 aromatic heterocycles. The van der Waals surface area contributed by atoms with Gasteiger partial charge in [0, 0.05) is 24.4 Å². The molecule has 2 N–H and O–H groups in total. The van der Waals surface area contributed by atoms with Gasteiger partial charge < -0.3 is 15.2 Å². The summed E-state index contributed by atoms with van der Waals surface area (Å²) >= 11 is 2.03. The highest BCUT2D eigenvalue weighted by Crippen LogP contribution is 2.38. The first-order chi connectivity index (χ1) is 8.77. The number of ether oxygens (including phenoxy) is 1. The first-order valence-electron chi connectivity index (χ1n) is 7.43. The van der Waals surface area contributed by atoms with E-state index in [4.69, 9.17) is 4.74 Å². The van der Waals surface area contributed by atoms with E-state index in [1.54, 1.807) is 0 Å². The molecule has 104 valence electrons. The van der Waals surface area contributed by atoms with Crippen molar-refractivity contribution in [1.29, 1.82) is 0 Å². The average molecular weight is 271 g/mol. The molecule has 2 heterocycles. The van der Waals surface area contributed by atoms with E-state index >= 15 is 0 Å². The average Bonchev–Trinajstić information content (AvgIpc) is 2.80. The van der Waals surface area contributed by atoms with Gasteiger partial charge in [-0.25, -0.2) is 0 Å².